The minimum Gasteiger partial charge on any atom is -0.464 e. The van der Waals surface area contributed by atoms with Gasteiger partial charge in [-0.15, -0.1) is 0 Å². The van der Waals surface area contributed by atoms with E-state index in [0.717, 1.165) is 9.64 Å². The Morgan fingerprint density at radius 3 is 1.69 bits per heavy atom. The van der Waals surface area contributed by atoms with E-state index in [-0.39, 0.29) is 5.15 Å². The summed E-state index contributed by atoms with van der Waals surface area (Å²) in [5.41, 5.74) is -0.978. The second-order valence-corrected chi connectivity index (χ2v) is 8.99. The third-order valence-electron chi connectivity index (χ3n) is 2.63. The van der Waals surface area contributed by atoms with Gasteiger partial charge in [-0.05, 0) is 34.7 Å². The normalized spacial score (nSPS) is 11.5. The van der Waals surface area contributed by atoms with Crippen LogP contribution < -0.4 is 0 Å². The van der Waals surface area contributed by atoms with Crippen molar-refractivity contribution in [3.63, 3.8) is 0 Å². The van der Waals surface area contributed by atoms with Gasteiger partial charge in [0.1, 0.15) is 10.3 Å². The Balaban J connectivity index is 0.000000455. The van der Waals surface area contributed by atoms with Crippen molar-refractivity contribution in [2.75, 3.05) is 7.11 Å². The standard InChI is InChI=1S/C6H2Cl2F3N.C5H2Cl2IN.C3H3F3O4S/c7-4-1-5(8)12-2-3(4)6(9,10)11;6-3-1-5(7)9-2-4(3)8;1-10-2(7)3(4,5)11(6,8)9/h1-2H;1-2H;1H3. The fourth-order valence-corrected chi connectivity index (χ4v) is 2.64. The second kappa shape index (κ2) is 12.6. The van der Waals surface area contributed by atoms with Gasteiger partial charge in [0.05, 0.1) is 26.3 Å². The summed E-state index contributed by atoms with van der Waals surface area (Å²) in [7, 11) is -5.71. The first-order valence-corrected chi connectivity index (χ1v) is 11.1. The van der Waals surface area contributed by atoms with Crippen LogP contribution in [-0.4, -0.2) is 36.7 Å². The molecular weight excluding hydrogens is 675 g/mol. The molecule has 2 heterocycles. The summed E-state index contributed by atoms with van der Waals surface area (Å²) in [5.74, 6) is -2.44. The topological polar surface area (TPSA) is 86.2 Å². The summed E-state index contributed by atoms with van der Waals surface area (Å²) in [6.45, 7) is 0. The Kier molecular flexibility index (Phi) is 12.3. The lowest BCUT2D eigenvalue weighted by Crippen LogP contribution is -2.36. The molecule has 0 spiro atoms. The van der Waals surface area contributed by atoms with Crippen LogP contribution in [0.15, 0.2) is 24.5 Å². The molecular formula is C14H7Cl4F6IN2O4S. The van der Waals surface area contributed by atoms with E-state index in [9.17, 15) is 39.1 Å². The fraction of sp³-hybridized carbons (Fsp3) is 0.214. The second-order valence-electron chi connectivity index (χ2n) is 4.85. The molecule has 6 nitrogen and oxygen atoms in total. The first-order chi connectivity index (χ1) is 14.3. The van der Waals surface area contributed by atoms with Crippen LogP contribution in [0.3, 0.4) is 0 Å². The molecule has 2 rings (SSSR count). The van der Waals surface area contributed by atoms with Crippen molar-refractivity contribution < 1.29 is 43.8 Å². The number of ether oxygens (including phenoxy) is 1. The maximum Gasteiger partial charge on any atom is 0.470 e. The van der Waals surface area contributed by atoms with Gasteiger partial charge in [-0.2, -0.15) is 30.4 Å². The molecule has 0 aromatic carbocycles. The van der Waals surface area contributed by atoms with E-state index in [0.29, 0.717) is 23.5 Å². The summed E-state index contributed by atoms with van der Waals surface area (Å²) in [6.07, 6.45) is -2.25. The largest absolute Gasteiger partial charge is 0.470 e. The number of rotatable bonds is 2. The lowest BCUT2D eigenvalue weighted by molar-refractivity contribution is -0.157. The third kappa shape index (κ3) is 9.99. The number of pyridine rings is 2. The SMILES string of the molecule is COC(=O)C(F)(F)S(=O)(=O)F.Clc1cc(Cl)c(I)cn1.FC(F)(F)c1cnc(Cl)cc1Cl. The number of methoxy groups -OCH3 is 1. The number of carbonyl (C=O) groups is 1. The van der Waals surface area contributed by atoms with E-state index in [4.69, 9.17) is 46.4 Å². The molecule has 0 saturated heterocycles. The van der Waals surface area contributed by atoms with Crippen molar-refractivity contribution in [2.45, 2.75) is 11.4 Å². The zero-order valence-corrected chi connectivity index (χ0v) is 20.9. The Hall–Kier alpha value is -0.810. The van der Waals surface area contributed by atoms with Gasteiger partial charge in [0.2, 0.25) is 0 Å². The molecule has 2 aromatic heterocycles. The van der Waals surface area contributed by atoms with Crippen molar-refractivity contribution in [2.24, 2.45) is 0 Å². The van der Waals surface area contributed by atoms with Crippen LogP contribution in [0.5, 0.6) is 0 Å². The minimum absolute atomic E-state index is 0.0620. The van der Waals surface area contributed by atoms with Gasteiger partial charge >= 0.3 is 27.6 Å². The van der Waals surface area contributed by atoms with Crippen molar-refractivity contribution in [1.29, 1.82) is 0 Å². The predicted molar refractivity (Wildman–Crippen MR) is 113 cm³/mol. The van der Waals surface area contributed by atoms with E-state index in [2.05, 4.69) is 37.3 Å². The maximum atomic E-state index is 12.0. The molecule has 0 unspecified atom stereocenters. The lowest BCUT2D eigenvalue weighted by atomic mass is 10.3. The van der Waals surface area contributed by atoms with Crippen LogP contribution >= 0.6 is 69.0 Å². The number of nitrogens with zero attached hydrogens (tertiary/aromatic N) is 2. The first kappa shape index (κ1) is 31.2. The van der Waals surface area contributed by atoms with Crippen LogP contribution in [0, 0.1) is 3.57 Å². The Bertz CT molecular complexity index is 1060. The molecule has 0 saturated carbocycles. The van der Waals surface area contributed by atoms with Gasteiger partial charge in [-0.1, -0.05) is 50.3 Å². The van der Waals surface area contributed by atoms with E-state index >= 15 is 0 Å². The summed E-state index contributed by atoms with van der Waals surface area (Å²) in [4.78, 5) is 17.0. The Morgan fingerprint density at radius 1 is 0.969 bits per heavy atom. The van der Waals surface area contributed by atoms with Gasteiger partial charge < -0.3 is 4.74 Å². The Morgan fingerprint density at radius 2 is 1.41 bits per heavy atom. The van der Waals surface area contributed by atoms with Gasteiger partial charge in [0.15, 0.2) is 0 Å². The van der Waals surface area contributed by atoms with Crippen molar-refractivity contribution in [3.05, 3.63) is 54.0 Å². The highest BCUT2D eigenvalue weighted by atomic mass is 127. The number of aromatic nitrogens is 2. The first-order valence-electron chi connectivity index (χ1n) is 7.09. The average molecular weight is 682 g/mol. The highest BCUT2D eigenvalue weighted by Crippen LogP contribution is 2.34. The number of halogens is 11. The number of hydrogen-bond donors (Lipinski definition) is 0. The molecule has 0 radical (unpaired) electrons. The summed E-state index contributed by atoms with van der Waals surface area (Å²) in [6, 6.07) is 2.57. The van der Waals surface area contributed by atoms with Crippen LogP contribution in [0.2, 0.25) is 20.4 Å². The van der Waals surface area contributed by atoms with Crippen molar-refractivity contribution in [3.8, 4) is 0 Å². The molecule has 0 bridgehead atoms. The molecule has 0 amide bonds. The highest BCUT2D eigenvalue weighted by molar-refractivity contribution is 14.1. The molecule has 0 N–H and O–H groups in total. The Labute approximate surface area is 210 Å². The van der Waals surface area contributed by atoms with E-state index in [1.165, 1.54) is 0 Å². The number of alkyl halides is 5. The quantitative estimate of drug-likeness (QED) is 0.119. The molecule has 18 heteroatoms. The average Bonchev–Trinajstić information content (AvgIpc) is 2.63. The van der Waals surface area contributed by atoms with Crippen LogP contribution in [0.25, 0.3) is 0 Å². The van der Waals surface area contributed by atoms with Crippen LogP contribution in [0.1, 0.15) is 5.56 Å². The fourth-order valence-electron chi connectivity index (χ4n) is 1.23. The predicted octanol–water partition coefficient (Wildman–Crippen LogP) is 6.45. The zero-order valence-electron chi connectivity index (χ0n) is 14.9. The molecule has 0 atom stereocenters. The van der Waals surface area contributed by atoms with Gasteiger partial charge in [-0.25, -0.2) is 14.8 Å². The summed E-state index contributed by atoms with van der Waals surface area (Å²) in [5, 5.41) is -4.53. The summed E-state index contributed by atoms with van der Waals surface area (Å²) < 4.78 is 94.7. The molecule has 0 aliphatic carbocycles. The molecule has 0 aliphatic rings. The lowest BCUT2D eigenvalue weighted by Gasteiger charge is -2.07. The molecule has 0 fully saturated rings. The van der Waals surface area contributed by atoms with E-state index < -0.39 is 38.2 Å². The van der Waals surface area contributed by atoms with E-state index in [1.807, 2.05) is 0 Å². The molecule has 32 heavy (non-hydrogen) atoms. The van der Waals surface area contributed by atoms with Crippen molar-refractivity contribution >= 4 is 85.2 Å². The van der Waals surface area contributed by atoms with Crippen LogP contribution in [-0.2, 0) is 25.9 Å². The molecule has 180 valence electrons. The number of carbonyl (C=O) groups excluding carboxylic acids is 1. The van der Waals surface area contributed by atoms with Crippen molar-refractivity contribution in [1.82, 2.24) is 9.97 Å². The van der Waals surface area contributed by atoms with Gasteiger partial charge in [0.25, 0.3) is 0 Å². The number of esters is 1. The summed E-state index contributed by atoms with van der Waals surface area (Å²) >= 11 is 23.9. The maximum absolute atomic E-state index is 12.0. The van der Waals surface area contributed by atoms with Gasteiger partial charge in [-0.3, -0.25) is 0 Å². The van der Waals surface area contributed by atoms with E-state index in [1.54, 1.807) is 12.3 Å². The molecule has 2 aromatic rings. The monoisotopic (exact) mass is 680 g/mol. The smallest absolute Gasteiger partial charge is 0.464 e. The van der Waals surface area contributed by atoms with Crippen LogP contribution in [0.4, 0.5) is 25.8 Å². The molecule has 0 aliphatic heterocycles. The minimum atomic E-state index is -6.22. The third-order valence-corrected chi connectivity index (χ3v) is 5.63. The highest BCUT2D eigenvalue weighted by Gasteiger charge is 2.55. The number of hydrogen-bond acceptors (Lipinski definition) is 6. The zero-order chi connectivity index (χ0) is 25.5. The van der Waals surface area contributed by atoms with Gasteiger partial charge in [0, 0.05) is 12.4 Å².